The zero-order valence-corrected chi connectivity index (χ0v) is 7.53. The molecule has 0 bridgehead atoms. The maximum atomic E-state index is 12.5. The smallest absolute Gasteiger partial charge is 0.304 e. The molecule has 0 radical (unpaired) electrons. The van der Waals surface area contributed by atoms with Crippen LogP contribution >= 0.6 is 0 Å². The molecule has 1 fully saturated rings. The van der Waals surface area contributed by atoms with Gasteiger partial charge in [0, 0.05) is 11.6 Å². The molecule has 14 heavy (non-hydrogen) atoms. The first-order valence-corrected chi connectivity index (χ1v) is 4.46. The Morgan fingerprint density at radius 3 is 2.71 bits per heavy atom. The largest absolute Gasteiger partial charge is 0.481 e. The summed E-state index contributed by atoms with van der Waals surface area (Å²) in [5, 5.41) is 8.71. The quantitative estimate of drug-likeness (QED) is 0.747. The van der Waals surface area contributed by atoms with Crippen molar-refractivity contribution in [2.45, 2.75) is 24.7 Å². The Balaban J connectivity index is 2.22. The molecule has 1 aromatic rings. The minimum atomic E-state index is -0.813. The van der Waals surface area contributed by atoms with E-state index < -0.39 is 11.9 Å². The normalized spacial score (nSPS) is 17.8. The van der Waals surface area contributed by atoms with Crippen molar-refractivity contribution in [1.29, 1.82) is 0 Å². The van der Waals surface area contributed by atoms with Crippen molar-refractivity contribution in [3.8, 4) is 0 Å². The van der Waals surface area contributed by atoms with Crippen LogP contribution in [0.3, 0.4) is 0 Å². The standard InChI is InChI=1S/C10H10FNO2/c11-8-2-1-7(6-12-8)10(3-4-10)5-9(13)14/h1-2,6H,3-5H2,(H,13,14). The van der Waals surface area contributed by atoms with Crippen LogP contribution in [0.4, 0.5) is 4.39 Å². The van der Waals surface area contributed by atoms with Crippen LogP contribution < -0.4 is 0 Å². The third-order valence-electron chi connectivity index (χ3n) is 2.68. The molecule has 2 rings (SSSR count). The summed E-state index contributed by atoms with van der Waals surface area (Å²) < 4.78 is 12.5. The van der Waals surface area contributed by atoms with E-state index >= 15 is 0 Å². The molecule has 0 amide bonds. The van der Waals surface area contributed by atoms with Gasteiger partial charge >= 0.3 is 5.97 Å². The average Bonchev–Trinajstić information content (AvgIpc) is 2.85. The van der Waals surface area contributed by atoms with E-state index in [2.05, 4.69) is 4.98 Å². The summed E-state index contributed by atoms with van der Waals surface area (Å²) in [6.07, 6.45) is 3.25. The number of halogens is 1. The van der Waals surface area contributed by atoms with Gasteiger partial charge in [0.1, 0.15) is 0 Å². The maximum Gasteiger partial charge on any atom is 0.304 e. The summed E-state index contributed by atoms with van der Waals surface area (Å²) in [5.41, 5.74) is 0.563. The van der Waals surface area contributed by atoms with Gasteiger partial charge < -0.3 is 5.11 Å². The molecule has 3 nitrogen and oxygen atoms in total. The number of nitrogens with zero attached hydrogens (tertiary/aromatic N) is 1. The zero-order valence-electron chi connectivity index (χ0n) is 7.53. The van der Waals surface area contributed by atoms with E-state index in [0.29, 0.717) is 0 Å². The van der Waals surface area contributed by atoms with Gasteiger partial charge in [0.25, 0.3) is 0 Å². The summed E-state index contributed by atoms with van der Waals surface area (Å²) in [6.45, 7) is 0. The van der Waals surface area contributed by atoms with Gasteiger partial charge in [-0.2, -0.15) is 4.39 Å². The highest BCUT2D eigenvalue weighted by Gasteiger charge is 2.46. The predicted molar refractivity (Wildman–Crippen MR) is 47.4 cm³/mol. The van der Waals surface area contributed by atoms with Gasteiger partial charge in [-0.05, 0) is 24.5 Å². The second-order valence-electron chi connectivity index (χ2n) is 3.72. The number of rotatable bonds is 3. The fourth-order valence-electron chi connectivity index (χ4n) is 1.70. The molecule has 4 heteroatoms. The first kappa shape index (κ1) is 9.12. The number of carboxylic acid groups (broad SMARTS) is 1. The molecule has 0 atom stereocenters. The molecule has 1 heterocycles. The predicted octanol–water partition coefficient (Wildman–Crippen LogP) is 1.73. The SMILES string of the molecule is O=C(O)CC1(c2ccc(F)nc2)CC1. The van der Waals surface area contributed by atoms with E-state index in [1.165, 1.54) is 12.3 Å². The molecule has 0 saturated heterocycles. The lowest BCUT2D eigenvalue weighted by Crippen LogP contribution is -2.13. The van der Waals surface area contributed by atoms with Crippen LogP contribution in [0.5, 0.6) is 0 Å². The fraction of sp³-hybridized carbons (Fsp3) is 0.400. The van der Waals surface area contributed by atoms with Gasteiger partial charge in [-0.3, -0.25) is 4.79 Å². The number of hydrogen-bond acceptors (Lipinski definition) is 2. The third-order valence-corrected chi connectivity index (χ3v) is 2.68. The monoisotopic (exact) mass is 195 g/mol. The number of hydrogen-bond donors (Lipinski definition) is 1. The molecule has 0 unspecified atom stereocenters. The van der Waals surface area contributed by atoms with Gasteiger partial charge in [0.2, 0.25) is 5.95 Å². The Bertz CT molecular complexity index is 357. The van der Waals surface area contributed by atoms with Gasteiger partial charge in [0.15, 0.2) is 0 Å². The van der Waals surface area contributed by atoms with Crippen molar-refractivity contribution in [2.24, 2.45) is 0 Å². The van der Waals surface area contributed by atoms with Crippen molar-refractivity contribution in [3.63, 3.8) is 0 Å². The maximum absolute atomic E-state index is 12.5. The Morgan fingerprint density at radius 1 is 1.57 bits per heavy atom. The molecule has 1 N–H and O–H groups in total. The molecule has 0 aromatic carbocycles. The van der Waals surface area contributed by atoms with Crippen LogP contribution in [0.25, 0.3) is 0 Å². The Morgan fingerprint density at radius 2 is 2.29 bits per heavy atom. The molecule has 1 saturated carbocycles. The lowest BCUT2D eigenvalue weighted by atomic mass is 9.94. The van der Waals surface area contributed by atoms with Gasteiger partial charge in [-0.1, -0.05) is 6.07 Å². The van der Waals surface area contributed by atoms with E-state index in [9.17, 15) is 9.18 Å². The minimum Gasteiger partial charge on any atom is -0.481 e. The third kappa shape index (κ3) is 1.60. The van der Waals surface area contributed by atoms with Gasteiger partial charge in [0.05, 0.1) is 6.42 Å². The Hall–Kier alpha value is -1.45. The summed E-state index contributed by atoms with van der Waals surface area (Å²) in [6, 6.07) is 2.90. The van der Waals surface area contributed by atoms with Crippen LogP contribution in [0, 0.1) is 5.95 Å². The van der Waals surface area contributed by atoms with Crippen LogP contribution in [0.1, 0.15) is 24.8 Å². The number of aromatic nitrogens is 1. The molecule has 1 aromatic heterocycles. The van der Waals surface area contributed by atoms with Gasteiger partial charge in [-0.25, -0.2) is 4.98 Å². The average molecular weight is 195 g/mol. The number of aliphatic carboxylic acids is 1. The van der Waals surface area contributed by atoms with Crippen molar-refractivity contribution in [1.82, 2.24) is 4.98 Å². The van der Waals surface area contributed by atoms with E-state index in [4.69, 9.17) is 5.11 Å². The molecule has 0 spiro atoms. The molecule has 1 aliphatic carbocycles. The van der Waals surface area contributed by atoms with Crippen molar-refractivity contribution >= 4 is 5.97 Å². The fourth-order valence-corrected chi connectivity index (χ4v) is 1.70. The number of carboxylic acids is 1. The lowest BCUT2D eigenvalue weighted by molar-refractivity contribution is -0.137. The van der Waals surface area contributed by atoms with Crippen molar-refractivity contribution in [3.05, 3.63) is 29.8 Å². The second kappa shape index (κ2) is 3.04. The van der Waals surface area contributed by atoms with Crippen molar-refractivity contribution in [2.75, 3.05) is 0 Å². The van der Waals surface area contributed by atoms with Gasteiger partial charge in [-0.15, -0.1) is 0 Å². The van der Waals surface area contributed by atoms with E-state index in [-0.39, 0.29) is 11.8 Å². The highest BCUT2D eigenvalue weighted by Crippen LogP contribution is 2.50. The lowest BCUT2D eigenvalue weighted by Gasteiger charge is -2.11. The number of pyridine rings is 1. The summed E-state index contributed by atoms with van der Waals surface area (Å²) in [7, 11) is 0. The van der Waals surface area contributed by atoms with E-state index in [0.717, 1.165) is 18.4 Å². The minimum absolute atomic E-state index is 0.111. The summed E-state index contributed by atoms with van der Waals surface area (Å²) in [5.74, 6) is -1.34. The summed E-state index contributed by atoms with van der Waals surface area (Å²) in [4.78, 5) is 14.1. The molecular formula is C10H10FNO2. The number of carbonyl (C=O) groups is 1. The van der Waals surface area contributed by atoms with Crippen LogP contribution in [0.2, 0.25) is 0 Å². The Kier molecular flexibility index (Phi) is 1.98. The van der Waals surface area contributed by atoms with Crippen LogP contribution in [0.15, 0.2) is 18.3 Å². The highest BCUT2D eigenvalue weighted by molar-refractivity contribution is 5.70. The van der Waals surface area contributed by atoms with E-state index in [1.54, 1.807) is 6.07 Å². The Labute approximate surface area is 80.6 Å². The summed E-state index contributed by atoms with van der Waals surface area (Å²) >= 11 is 0. The molecule has 74 valence electrons. The first-order chi connectivity index (χ1) is 6.62. The molecule has 0 aliphatic heterocycles. The molecular weight excluding hydrogens is 185 g/mol. The van der Waals surface area contributed by atoms with E-state index in [1.807, 2.05) is 0 Å². The van der Waals surface area contributed by atoms with Crippen LogP contribution in [-0.4, -0.2) is 16.1 Å². The molecule has 1 aliphatic rings. The second-order valence-corrected chi connectivity index (χ2v) is 3.72. The van der Waals surface area contributed by atoms with Crippen molar-refractivity contribution < 1.29 is 14.3 Å². The topological polar surface area (TPSA) is 50.2 Å². The zero-order chi connectivity index (χ0) is 10.2. The van der Waals surface area contributed by atoms with Crippen LogP contribution in [-0.2, 0) is 10.2 Å². The first-order valence-electron chi connectivity index (χ1n) is 4.46. The highest BCUT2D eigenvalue weighted by atomic mass is 19.1.